The molecule has 1 aliphatic heterocycles. The van der Waals surface area contributed by atoms with Gasteiger partial charge >= 0.3 is 0 Å². The van der Waals surface area contributed by atoms with Gasteiger partial charge in [0.25, 0.3) is 0 Å². The van der Waals surface area contributed by atoms with Gasteiger partial charge in [0.15, 0.2) is 0 Å². The van der Waals surface area contributed by atoms with Crippen LogP contribution in [-0.4, -0.2) is 48.8 Å². The number of β-amino-alcohol motifs (C(OH)–C–C–N with tert-alkyl or cyclic N) is 1. The van der Waals surface area contributed by atoms with Gasteiger partial charge in [-0.1, -0.05) is 0 Å². The SMILES string of the molecule is OCCN1CCC(CCNC2CC2)C1. The van der Waals surface area contributed by atoms with Crippen molar-refractivity contribution in [3.63, 3.8) is 0 Å². The maximum absolute atomic E-state index is 8.82. The lowest BCUT2D eigenvalue weighted by Crippen LogP contribution is -2.25. The molecule has 2 rings (SSSR count). The third kappa shape index (κ3) is 3.23. The number of hydrogen-bond donors (Lipinski definition) is 2. The van der Waals surface area contributed by atoms with Gasteiger partial charge in [-0.3, -0.25) is 0 Å². The van der Waals surface area contributed by atoms with Gasteiger partial charge in [-0.15, -0.1) is 0 Å². The molecule has 3 heteroatoms. The van der Waals surface area contributed by atoms with Crippen LogP contribution in [-0.2, 0) is 0 Å². The highest BCUT2D eigenvalue weighted by Gasteiger charge is 2.23. The highest BCUT2D eigenvalue weighted by Crippen LogP contribution is 2.21. The average molecular weight is 198 g/mol. The molecule has 14 heavy (non-hydrogen) atoms. The molecule has 2 N–H and O–H groups in total. The quantitative estimate of drug-likeness (QED) is 0.650. The van der Waals surface area contributed by atoms with E-state index in [1.165, 1.54) is 45.3 Å². The summed E-state index contributed by atoms with van der Waals surface area (Å²) in [5, 5.41) is 12.4. The summed E-state index contributed by atoms with van der Waals surface area (Å²) in [6.07, 6.45) is 5.42. The van der Waals surface area contributed by atoms with E-state index in [9.17, 15) is 0 Å². The first-order chi connectivity index (χ1) is 6.88. The Morgan fingerprint density at radius 2 is 2.14 bits per heavy atom. The summed E-state index contributed by atoms with van der Waals surface area (Å²) in [4.78, 5) is 2.38. The van der Waals surface area contributed by atoms with E-state index in [0.29, 0.717) is 6.61 Å². The minimum Gasteiger partial charge on any atom is -0.395 e. The molecule has 1 atom stereocenters. The second-order valence-electron chi connectivity index (χ2n) is 4.70. The summed E-state index contributed by atoms with van der Waals surface area (Å²) in [6, 6.07) is 0.852. The smallest absolute Gasteiger partial charge is 0.0558 e. The fraction of sp³-hybridized carbons (Fsp3) is 1.00. The highest BCUT2D eigenvalue weighted by molar-refractivity contribution is 4.82. The van der Waals surface area contributed by atoms with Gasteiger partial charge in [0.1, 0.15) is 0 Å². The molecule has 1 aliphatic carbocycles. The van der Waals surface area contributed by atoms with Crippen molar-refractivity contribution in [1.29, 1.82) is 0 Å². The first kappa shape index (κ1) is 10.4. The predicted octanol–water partition coefficient (Wildman–Crippen LogP) is 0.443. The zero-order valence-electron chi connectivity index (χ0n) is 8.91. The molecule has 0 radical (unpaired) electrons. The van der Waals surface area contributed by atoms with Crippen molar-refractivity contribution in [1.82, 2.24) is 10.2 Å². The van der Waals surface area contributed by atoms with E-state index in [0.717, 1.165) is 18.5 Å². The van der Waals surface area contributed by atoms with Gasteiger partial charge in [-0.2, -0.15) is 0 Å². The van der Waals surface area contributed by atoms with E-state index in [1.54, 1.807) is 0 Å². The van der Waals surface area contributed by atoms with Gasteiger partial charge in [-0.25, -0.2) is 0 Å². The average Bonchev–Trinajstić information content (AvgIpc) is 2.88. The van der Waals surface area contributed by atoms with Crippen LogP contribution in [0.5, 0.6) is 0 Å². The van der Waals surface area contributed by atoms with Crippen molar-refractivity contribution >= 4 is 0 Å². The largest absolute Gasteiger partial charge is 0.395 e. The van der Waals surface area contributed by atoms with Crippen molar-refractivity contribution in [2.24, 2.45) is 5.92 Å². The summed E-state index contributed by atoms with van der Waals surface area (Å²) in [5.74, 6) is 0.868. The molecule has 82 valence electrons. The van der Waals surface area contributed by atoms with Gasteiger partial charge in [-0.05, 0) is 44.7 Å². The second-order valence-corrected chi connectivity index (χ2v) is 4.70. The van der Waals surface area contributed by atoms with Crippen molar-refractivity contribution < 1.29 is 5.11 Å². The minimum atomic E-state index is 0.313. The molecule has 0 bridgehead atoms. The van der Waals surface area contributed by atoms with Crippen LogP contribution in [0.1, 0.15) is 25.7 Å². The standard InChI is InChI=1S/C11H22N2O/c14-8-7-13-6-4-10(9-13)3-5-12-11-1-2-11/h10-12,14H,1-9H2. The molecule has 1 saturated heterocycles. The van der Waals surface area contributed by atoms with Crippen LogP contribution in [0.3, 0.4) is 0 Å². The van der Waals surface area contributed by atoms with Crippen LogP contribution < -0.4 is 5.32 Å². The summed E-state index contributed by atoms with van der Waals surface area (Å²) >= 11 is 0. The van der Waals surface area contributed by atoms with Crippen molar-refractivity contribution in [3.05, 3.63) is 0 Å². The van der Waals surface area contributed by atoms with Gasteiger partial charge < -0.3 is 15.3 Å². The van der Waals surface area contributed by atoms with Gasteiger partial charge in [0, 0.05) is 19.1 Å². The van der Waals surface area contributed by atoms with Crippen LogP contribution in [0.4, 0.5) is 0 Å². The fourth-order valence-corrected chi connectivity index (χ4v) is 2.27. The van der Waals surface area contributed by atoms with E-state index in [4.69, 9.17) is 5.11 Å². The lowest BCUT2D eigenvalue weighted by Gasteiger charge is -2.14. The fourth-order valence-electron chi connectivity index (χ4n) is 2.27. The predicted molar refractivity (Wildman–Crippen MR) is 57.3 cm³/mol. The summed E-state index contributed by atoms with van der Waals surface area (Å²) in [6.45, 7) is 4.77. The maximum Gasteiger partial charge on any atom is 0.0558 e. The number of nitrogens with one attached hydrogen (secondary N) is 1. The Bertz CT molecular complexity index is 171. The molecule has 0 aromatic carbocycles. The first-order valence-corrected chi connectivity index (χ1v) is 5.95. The van der Waals surface area contributed by atoms with E-state index in [1.807, 2.05) is 0 Å². The third-order valence-electron chi connectivity index (χ3n) is 3.35. The molecule has 1 saturated carbocycles. The number of nitrogens with zero attached hydrogens (tertiary/aromatic N) is 1. The van der Waals surface area contributed by atoms with E-state index < -0.39 is 0 Å². The number of likely N-dealkylation sites (tertiary alicyclic amines) is 1. The molecule has 2 fully saturated rings. The van der Waals surface area contributed by atoms with E-state index in [2.05, 4.69) is 10.2 Å². The molecule has 0 aromatic heterocycles. The Hall–Kier alpha value is -0.120. The Morgan fingerprint density at radius 3 is 2.86 bits per heavy atom. The molecule has 2 aliphatic rings. The number of rotatable bonds is 6. The number of aliphatic hydroxyl groups is 1. The maximum atomic E-state index is 8.82. The Labute approximate surface area is 86.5 Å². The normalized spacial score (nSPS) is 28.5. The third-order valence-corrected chi connectivity index (χ3v) is 3.35. The van der Waals surface area contributed by atoms with Crippen molar-refractivity contribution in [3.8, 4) is 0 Å². The molecular formula is C11H22N2O. The van der Waals surface area contributed by atoms with E-state index in [-0.39, 0.29) is 0 Å². The molecule has 1 heterocycles. The second kappa shape index (κ2) is 5.10. The molecule has 0 amide bonds. The van der Waals surface area contributed by atoms with Crippen molar-refractivity contribution in [2.45, 2.75) is 31.7 Å². The van der Waals surface area contributed by atoms with Crippen molar-refractivity contribution in [2.75, 3.05) is 32.8 Å². The zero-order chi connectivity index (χ0) is 9.80. The summed E-state index contributed by atoms with van der Waals surface area (Å²) in [7, 11) is 0. The highest BCUT2D eigenvalue weighted by atomic mass is 16.3. The Kier molecular flexibility index (Phi) is 3.79. The van der Waals surface area contributed by atoms with Gasteiger partial charge in [0.05, 0.1) is 6.61 Å². The van der Waals surface area contributed by atoms with Crippen LogP contribution in [0.2, 0.25) is 0 Å². The Balaban J connectivity index is 1.53. The van der Waals surface area contributed by atoms with Crippen LogP contribution in [0, 0.1) is 5.92 Å². The van der Waals surface area contributed by atoms with Crippen LogP contribution in [0.15, 0.2) is 0 Å². The minimum absolute atomic E-state index is 0.313. The topological polar surface area (TPSA) is 35.5 Å². The molecule has 0 spiro atoms. The van der Waals surface area contributed by atoms with Gasteiger partial charge in [0.2, 0.25) is 0 Å². The lowest BCUT2D eigenvalue weighted by molar-refractivity contribution is 0.216. The molecular weight excluding hydrogens is 176 g/mol. The van der Waals surface area contributed by atoms with E-state index >= 15 is 0 Å². The molecule has 3 nitrogen and oxygen atoms in total. The number of hydrogen-bond acceptors (Lipinski definition) is 3. The zero-order valence-corrected chi connectivity index (χ0v) is 8.91. The monoisotopic (exact) mass is 198 g/mol. The molecule has 1 unspecified atom stereocenters. The lowest BCUT2D eigenvalue weighted by atomic mass is 10.1. The first-order valence-electron chi connectivity index (χ1n) is 5.95. The van der Waals surface area contributed by atoms with Crippen LogP contribution >= 0.6 is 0 Å². The summed E-state index contributed by atoms with van der Waals surface area (Å²) in [5.41, 5.74) is 0. The molecule has 0 aromatic rings. The Morgan fingerprint density at radius 1 is 1.29 bits per heavy atom. The number of aliphatic hydroxyl groups excluding tert-OH is 1. The van der Waals surface area contributed by atoms with Crippen LogP contribution in [0.25, 0.3) is 0 Å². The summed E-state index contributed by atoms with van der Waals surface area (Å²) < 4.78 is 0.